The number of rotatable bonds is 9. The number of hydrogen-bond acceptors (Lipinski definition) is 2. The summed E-state index contributed by atoms with van der Waals surface area (Å²) in [7, 11) is 1.42. The van der Waals surface area contributed by atoms with Crippen LogP contribution in [-0.4, -0.2) is 37.1 Å². The largest absolute Gasteiger partial charge is 0.390 e. The molecule has 3 nitrogen and oxygen atoms in total. The first-order valence-electron chi connectivity index (χ1n) is 6.81. The van der Waals surface area contributed by atoms with Crippen molar-refractivity contribution < 1.29 is 18.0 Å². The summed E-state index contributed by atoms with van der Waals surface area (Å²) in [4.78, 5) is 12.9. The Hall–Kier alpha value is -0.780. The molecule has 1 unspecified atom stereocenters. The third-order valence-electron chi connectivity index (χ3n) is 3.19. The molecule has 0 rings (SSSR count). The summed E-state index contributed by atoms with van der Waals surface area (Å²) in [5.74, 6) is 0.178. The molecule has 0 radical (unpaired) electrons. The van der Waals surface area contributed by atoms with E-state index in [2.05, 4.69) is 6.92 Å². The van der Waals surface area contributed by atoms with E-state index in [-0.39, 0.29) is 12.5 Å². The van der Waals surface area contributed by atoms with Gasteiger partial charge in [0.05, 0.1) is 6.42 Å². The van der Waals surface area contributed by atoms with Gasteiger partial charge in [-0.15, -0.1) is 0 Å². The second-order valence-electron chi connectivity index (χ2n) is 4.95. The molecule has 2 N–H and O–H groups in total. The van der Waals surface area contributed by atoms with Crippen LogP contribution in [0.15, 0.2) is 0 Å². The monoisotopic (exact) mass is 282 g/mol. The van der Waals surface area contributed by atoms with Crippen molar-refractivity contribution >= 4 is 5.91 Å². The predicted molar refractivity (Wildman–Crippen MR) is 69.6 cm³/mol. The molecular formula is C13H25F3N2O. The van der Waals surface area contributed by atoms with E-state index in [0.29, 0.717) is 25.3 Å². The van der Waals surface area contributed by atoms with Crippen LogP contribution in [0.25, 0.3) is 0 Å². The minimum atomic E-state index is -4.21. The van der Waals surface area contributed by atoms with Crippen molar-refractivity contribution in [2.75, 3.05) is 20.1 Å². The number of nitrogens with zero attached hydrogens (tertiary/aromatic N) is 1. The number of carbonyl (C=O) groups is 1. The number of halogens is 3. The molecule has 1 atom stereocenters. The maximum absolute atomic E-state index is 12.0. The molecule has 0 aliphatic heterocycles. The van der Waals surface area contributed by atoms with Crippen LogP contribution in [-0.2, 0) is 4.79 Å². The molecule has 0 fully saturated rings. The second-order valence-corrected chi connectivity index (χ2v) is 4.95. The fourth-order valence-corrected chi connectivity index (χ4v) is 2.01. The maximum Gasteiger partial charge on any atom is 0.390 e. The van der Waals surface area contributed by atoms with Gasteiger partial charge in [-0.05, 0) is 25.3 Å². The van der Waals surface area contributed by atoms with E-state index in [1.807, 2.05) is 0 Å². The Kier molecular flexibility index (Phi) is 8.80. The molecule has 0 heterocycles. The SMILES string of the molecule is CCCC(CCN)CCC(=O)N(C)CCC(F)(F)F. The van der Waals surface area contributed by atoms with E-state index in [0.717, 1.165) is 19.3 Å². The molecular weight excluding hydrogens is 257 g/mol. The van der Waals surface area contributed by atoms with Gasteiger partial charge >= 0.3 is 6.18 Å². The highest BCUT2D eigenvalue weighted by molar-refractivity contribution is 5.75. The van der Waals surface area contributed by atoms with Gasteiger partial charge in [0.25, 0.3) is 0 Å². The predicted octanol–water partition coefficient (Wildman–Crippen LogP) is 2.94. The highest BCUT2D eigenvalue weighted by Gasteiger charge is 2.28. The van der Waals surface area contributed by atoms with Crippen LogP contribution < -0.4 is 5.73 Å². The van der Waals surface area contributed by atoms with E-state index in [9.17, 15) is 18.0 Å². The lowest BCUT2D eigenvalue weighted by atomic mass is 9.94. The molecule has 0 spiro atoms. The van der Waals surface area contributed by atoms with E-state index >= 15 is 0 Å². The van der Waals surface area contributed by atoms with Crippen molar-refractivity contribution in [2.45, 2.75) is 51.6 Å². The Morgan fingerprint density at radius 2 is 1.89 bits per heavy atom. The molecule has 0 saturated heterocycles. The normalized spacial score (nSPS) is 13.4. The minimum absolute atomic E-state index is 0.220. The molecule has 0 saturated carbocycles. The van der Waals surface area contributed by atoms with E-state index < -0.39 is 12.6 Å². The average molecular weight is 282 g/mol. The van der Waals surface area contributed by atoms with Crippen LogP contribution in [0.4, 0.5) is 13.2 Å². The summed E-state index contributed by atoms with van der Waals surface area (Å²) in [6.07, 6.45) is -1.23. The van der Waals surface area contributed by atoms with Crippen LogP contribution in [0, 0.1) is 5.92 Å². The van der Waals surface area contributed by atoms with Crippen molar-refractivity contribution in [1.82, 2.24) is 4.90 Å². The minimum Gasteiger partial charge on any atom is -0.345 e. The molecule has 0 bridgehead atoms. The molecule has 19 heavy (non-hydrogen) atoms. The Morgan fingerprint density at radius 1 is 1.26 bits per heavy atom. The number of nitrogens with two attached hydrogens (primary N) is 1. The van der Waals surface area contributed by atoms with Crippen LogP contribution >= 0.6 is 0 Å². The first kappa shape index (κ1) is 18.2. The third-order valence-corrected chi connectivity index (χ3v) is 3.19. The summed E-state index contributed by atoms with van der Waals surface area (Å²) in [5, 5.41) is 0. The molecule has 6 heteroatoms. The lowest BCUT2D eigenvalue weighted by Gasteiger charge is -2.20. The van der Waals surface area contributed by atoms with E-state index in [1.165, 1.54) is 11.9 Å². The van der Waals surface area contributed by atoms with Crippen molar-refractivity contribution in [1.29, 1.82) is 0 Å². The van der Waals surface area contributed by atoms with Crippen molar-refractivity contribution in [3.05, 3.63) is 0 Å². The molecule has 1 amide bonds. The maximum atomic E-state index is 12.0. The number of alkyl halides is 3. The zero-order chi connectivity index (χ0) is 14.9. The summed E-state index contributed by atoms with van der Waals surface area (Å²) >= 11 is 0. The summed E-state index contributed by atoms with van der Waals surface area (Å²) < 4.78 is 36.1. The number of hydrogen-bond donors (Lipinski definition) is 1. The molecule has 0 aliphatic carbocycles. The van der Waals surface area contributed by atoms with Gasteiger partial charge in [-0.2, -0.15) is 13.2 Å². The lowest BCUT2D eigenvalue weighted by Crippen LogP contribution is -2.30. The zero-order valence-corrected chi connectivity index (χ0v) is 11.8. The van der Waals surface area contributed by atoms with Gasteiger partial charge in [0, 0.05) is 20.0 Å². The Morgan fingerprint density at radius 3 is 2.37 bits per heavy atom. The standard InChI is InChI=1S/C13H25F3N2O/c1-3-4-11(7-9-17)5-6-12(19)18(2)10-8-13(14,15)16/h11H,3-10,17H2,1-2H3. The van der Waals surface area contributed by atoms with Crippen LogP contribution in [0.2, 0.25) is 0 Å². The van der Waals surface area contributed by atoms with Gasteiger partial charge in [-0.1, -0.05) is 19.8 Å². The molecule has 0 aromatic rings. The molecule has 0 aromatic carbocycles. The third kappa shape index (κ3) is 9.76. The second kappa shape index (κ2) is 9.18. The van der Waals surface area contributed by atoms with Crippen LogP contribution in [0.3, 0.4) is 0 Å². The van der Waals surface area contributed by atoms with Gasteiger partial charge in [0.15, 0.2) is 0 Å². The first-order valence-corrected chi connectivity index (χ1v) is 6.81. The molecule has 0 aromatic heterocycles. The highest BCUT2D eigenvalue weighted by Crippen LogP contribution is 2.20. The van der Waals surface area contributed by atoms with Gasteiger partial charge in [-0.25, -0.2) is 0 Å². The molecule has 0 aliphatic rings. The number of amides is 1. The fourth-order valence-electron chi connectivity index (χ4n) is 2.01. The summed E-state index contributed by atoms with van der Waals surface area (Å²) in [5.41, 5.74) is 5.50. The van der Waals surface area contributed by atoms with Gasteiger partial charge in [0.1, 0.15) is 0 Å². The summed E-state index contributed by atoms with van der Waals surface area (Å²) in [6, 6.07) is 0. The quantitative estimate of drug-likeness (QED) is 0.706. The van der Waals surface area contributed by atoms with Crippen LogP contribution in [0.5, 0.6) is 0 Å². The van der Waals surface area contributed by atoms with Crippen molar-refractivity contribution in [3.63, 3.8) is 0 Å². The summed E-state index contributed by atoms with van der Waals surface area (Å²) in [6.45, 7) is 2.39. The van der Waals surface area contributed by atoms with Gasteiger partial charge in [0.2, 0.25) is 5.91 Å². The Bertz CT molecular complexity index is 251. The van der Waals surface area contributed by atoms with Crippen LogP contribution in [0.1, 0.15) is 45.4 Å². The zero-order valence-electron chi connectivity index (χ0n) is 11.8. The van der Waals surface area contributed by atoms with Gasteiger partial charge in [-0.3, -0.25) is 4.79 Å². The smallest absolute Gasteiger partial charge is 0.345 e. The van der Waals surface area contributed by atoms with E-state index in [1.54, 1.807) is 0 Å². The van der Waals surface area contributed by atoms with E-state index in [4.69, 9.17) is 5.73 Å². The van der Waals surface area contributed by atoms with Gasteiger partial charge < -0.3 is 10.6 Å². The Balaban J connectivity index is 4.00. The average Bonchev–Trinajstić information content (AvgIpc) is 2.32. The lowest BCUT2D eigenvalue weighted by molar-refractivity contribution is -0.144. The molecule has 114 valence electrons. The number of carbonyl (C=O) groups excluding carboxylic acids is 1. The highest BCUT2D eigenvalue weighted by atomic mass is 19.4. The fraction of sp³-hybridized carbons (Fsp3) is 0.923. The van der Waals surface area contributed by atoms with Crippen molar-refractivity contribution in [2.24, 2.45) is 11.7 Å². The topological polar surface area (TPSA) is 46.3 Å². The first-order chi connectivity index (χ1) is 8.80. The van der Waals surface area contributed by atoms with Crippen molar-refractivity contribution in [3.8, 4) is 0 Å². The Labute approximate surface area is 113 Å².